The number of ether oxygens (including phenoxy) is 1. The number of aromatic nitrogens is 2. The van der Waals surface area contributed by atoms with Gasteiger partial charge in [0.15, 0.2) is 0 Å². The number of nitrogens with zero attached hydrogens (tertiary/aromatic N) is 2. The number of hydrogen-bond donors (Lipinski definition) is 1. The molecule has 2 N–H and O–H groups in total. The molecule has 0 unspecified atom stereocenters. The lowest BCUT2D eigenvalue weighted by Crippen LogP contribution is -2.06. The zero-order valence-electron chi connectivity index (χ0n) is 11.2. The molecule has 2 aromatic rings. The van der Waals surface area contributed by atoms with E-state index in [2.05, 4.69) is 34.2 Å². The molecular weight excluding hydrogens is 238 g/mol. The minimum atomic E-state index is 0.510. The first-order valence-electron chi connectivity index (χ1n) is 6.57. The predicted octanol–water partition coefficient (Wildman–Crippen LogP) is 2.63. The molecule has 0 atom stereocenters. The fourth-order valence-electron chi connectivity index (χ4n) is 1.96. The monoisotopic (exact) mass is 257 g/mol. The molecule has 100 valence electrons. The van der Waals surface area contributed by atoms with Crippen molar-refractivity contribution in [1.29, 1.82) is 0 Å². The molecule has 0 aliphatic carbocycles. The van der Waals surface area contributed by atoms with Crippen LogP contribution in [0.15, 0.2) is 36.7 Å². The van der Waals surface area contributed by atoms with Crippen molar-refractivity contribution in [3.8, 4) is 5.88 Å². The summed E-state index contributed by atoms with van der Waals surface area (Å²) < 4.78 is 5.70. The minimum absolute atomic E-state index is 0.510. The highest BCUT2D eigenvalue weighted by Crippen LogP contribution is 2.20. The standard InChI is InChI=1S/C15H19N3O/c1-2-13-14(16)17-11-18-15(13)19-10-6-9-12-7-4-3-5-8-12/h3-5,7-8,11H,2,6,9-10H2,1H3,(H2,16,17,18). The van der Waals surface area contributed by atoms with E-state index in [1.54, 1.807) is 0 Å². The van der Waals surface area contributed by atoms with E-state index in [1.165, 1.54) is 11.9 Å². The number of nitrogens with two attached hydrogens (primary N) is 1. The smallest absolute Gasteiger partial charge is 0.221 e. The molecule has 0 radical (unpaired) electrons. The third-order valence-corrected chi connectivity index (χ3v) is 2.98. The van der Waals surface area contributed by atoms with Gasteiger partial charge in [0.25, 0.3) is 0 Å². The summed E-state index contributed by atoms with van der Waals surface area (Å²) in [6, 6.07) is 10.4. The first-order chi connectivity index (χ1) is 9.31. The largest absolute Gasteiger partial charge is 0.477 e. The van der Waals surface area contributed by atoms with Crippen LogP contribution in [0, 0.1) is 0 Å². The second-order valence-electron chi connectivity index (χ2n) is 4.33. The first-order valence-corrected chi connectivity index (χ1v) is 6.57. The maximum absolute atomic E-state index is 5.80. The number of nitrogen functional groups attached to an aromatic ring is 1. The van der Waals surface area contributed by atoms with Gasteiger partial charge in [-0.05, 0) is 24.8 Å². The van der Waals surface area contributed by atoms with Crippen LogP contribution < -0.4 is 10.5 Å². The summed E-state index contributed by atoms with van der Waals surface area (Å²) in [4.78, 5) is 8.11. The van der Waals surface area contributed by atoms with Gasteiger partial charge < -0.3 is 10.5 Å². The highest BCUT2D eigenvalue weighted by Gasteiger charge is 2.07. The molecule has 0 amide bonds. The fraction of sp³-hybridized carbons (Fsp3) is 0.333. The summed E-state index contributed by atoms with van der Waals surface area (Å²) in [5.74, 6) is 1.12. The van der Waals surface area contributed by atoms with Crippen molar-refractivity contribution < 1.29 is 4.74 Å². The molecule has 1 aromatic carbocycles. The Labute approximate surface area is 113 Å². The van der Waals surface area contributed by atoms with Gasteiger partial charge in [0.1, 0.15) is 12.1 Å². The first kappa shape index (κ1) is 13.3. The molecule has 1 aromatic heterocycles. The van der Waals surface area contributed by atoms with Crippen molar-refractivity contribution in [2.24, 2.45) is 0 Å². The Hall–Kier alpha value is -2.10. The lowest BCUT2D eigenvalue weighted by Gasteiger charge is -2.10. The zero-order chi connectivity index (χ0) is 13.5. The Morgan fingerprint density at radius 1 is 1.16 bits per heavy atom. The maximum atomic E-state index is 5.80. The molecule has 0 bridgehead atoms. The highest BCUT2D eigenvalue weighted by atomic mass is 16.5. The van der Waals surface area contributed by atoms with Gasteiger partial charge in [-0.1, -0.05) is 37.3 Å². The van der Waals surface area contributed by atoms with E-state index in [0.29, 0.717) is 18.3 Å². The molecule has 0 saturated heterocycles. The van der Waals surface area contributed by atoms with Gasteiger partial charge in [0.05, 0.1) is 12.2 Å². The van der Waals surface area contributed by atoms with E-state index >= 15 is 0 Å². The zero-order valence-corrected chi connectivity index (χ0v) is 11.2. The molecule has 0 aliphatic rings. The third kappa shape index (κ3) is 3.68. The van der Waals surface area contributed by atoms with Crippen LogP contribution in [0.2, 0.25) is 0 Å². The molecule has 4 nitrogen and oxygen atoms in total. The summed E-state index contributed by atoms with van der Waals surface area (Å²) >= 11 is 0. The summed E-state index contributed by atoms with van der Waals surface area (Å²) in [5.41, 5.74) is 8.01. The molecule has 0 saturated carbocycles. The van der Waals surface area contributed by atoms with Gasteiger partial charge in [0, 0.05) is 0 Å². The molecule has 0 fully saturated rings. The van der Waals surface area contributed by atoms with Crippen molar-refractivity contribution in [2.45, 2.75) is 26.2 Å². The van der Waals surface area contributed by atoms with Gasteiger partial charge >= 0.3 is 0 Å². The number of rotatable bonds is 6. The van der Waals surface area contributed by atoms with Gasteiger partial charge in [-0.25, -0.2) is 9.97 Å². The van der Waals surface area contributed by atoms with Crippen molar-refractivity contribution in [3.63, 3.8) is 0 Å². The second-order valence-corrected chi connectivity index (χ2v) is 4.33. The lowest BCUT2D eigenvalue weighted by atomic mass is 10.1. The lowest BCUT2D eigenvalue weighted by molar-refractivity contribution is 0.296. The van der Waals surface area contributed by atoms with E-state index < -0.39 is 0 Å². The molecule has 19 heavy (non-hydrogen) atoms. The van der Waals surface area contributed by atoms with Crippen LogP contribution in [0.5, 0.6) is 5.88 Å². The van der Waals surface area contributed by atoms with Crippen LogP contribution in [0.1, 0.15) is 24.5 Å². The van der Waals surface area contributed by atoms with Crippen LogP contribution in [-0.2, 0) is 12.8 Å². The average Bonchev–Trinajstić information content (AvgIpc) is 2.45. The van der Waals surface area contributed by atoms with Gasteiger partial charge in [-0.3, -0.25) is 0 Å². The predicted molar refractivity (Wildman–Crippen MR) is 76.1 cm³/mol. The summed E-state index contributed by atoms with van der Waals surface area (Å²) in [7, 11) is 0. The Balaban J connectivity index is 1.85. The summed E-state index contributed by atoms with van der Waals surface area (Å²) in [6.45, 7) is 2.66. The van der Waals surface area contributed by atoms with Crippen molar-refractivity contribution in [1.82, 2.24) is 9.97 Å². The van der Waals surface area contributed by atoms with Crippen LogP contribution >= 0.6 is 0 Å². The van der Waals surface area contributed by atoms with E-state index in [0.717, 1.165) is 24.8 Å². The second kappa shape index (κ2) is 6.73. The molecule has 4 heteroatoms. The molecular formula is C15H19N3O. The Morgan fingerprint density at radius 2 is 1.95 bits per heavy atom. The number of anilines is 1. The summed E-state index contributed by atoms with van der Waals surface area (Å²) in [5, 5.41) is 0. The Kier molecular flexibility index (Phi) is 4.72. The highest BCUT2D eigenvalue weighted by molar-refractivity contribution is 5.44. The van der Waals surface area contributed by atoms with E-state index in [1.807, 2.05) is 13.0 Å². The van der Waals surface area contributed by atoms with Crippen LogP contribution in [0.4, 0.5) is 5.82 Å². The van der Waals surface area contributed by atoms with E-state index in [4.69, 9.17) is 10.5 Å². The van der Waals surface area contributed by atoms with Crippen LogP contribution in [0.3, 0.4) is 0 Å². The minimum Gasteiger partial charge on any atom is -0.477 e. The van der Waals surface area contributed by atoms with Crippen molar-refractivity contribution in [3.05, 3.63) is 47.8 Å². The van der Waals surface area contributed by atoms with Gasteiger partial charge in [-0.2, -0.15) is 0 Å². The van der Waals surface area contributed by atoms with E-state index in [-0.39, 0.29) is 0 Å². The van der Waals surface area contributed by atoms with E-state index in [9.17, 15) is 0 Å². The topological polar surface area (TPSA) is 61.0 Å². The molecule has 1 heterocycles. The van der Waals surface area contributed by atoms with Crippen molar-refractivity contribution in [2.75, 3.05) is 12.3 Å². The molecule has 0 spiro atoms. The molecule has 0 aliphatic heterocycles. The summed E-state index contributed by atoms with van der Waals surface area (Å²) in [6.07, 6.45) is 4.18. The fourth-order valence-corrected chi connectivity index (χ4v) is 1.96. The van der Waals surface area contributed by atoms with Crippen LogP contribution in [0.25, 0.3) is 0 Å². The normalized spacial score (nSPS) is 10.4. The average molecular weight is 257 g/mol. The Morgan fingerprint density at radius 3 is 2.68 bits per heavy atom. The molecule has 2 rings (SSSR count). The quantitative estimate of drug-likeness (QED) is 0.808. The maximum Gasteiger partial charge on any atom is 0.221 e. The van der Waals surface area contributed by atoms with Crippen LogP contribution in [-0.4, -0.2) is 16.6 Å². The number of aryl methyl sites for hydroxylation is 1. The van der Waals surface area contributed by atoms with Gasteiger partial charge in [-0.15, -0.1) is 0 Å². The third-order valence-electron chi connectivity index (χ3n) is 2.98. The number of hydrogen-bond acceptors (Lipinski definition) is 4. The van der Waals surface area contributed by atoms with Crippen molar-refractivity contribution >= 4 is 5.82 Å². The number of benzene rings is 1. The Bertz CT molecular complexity index is 514. The van der Waals surface area contributed by atoms with Gasteiger partial charge in [0.2, 0.25) is 5.88 Å². The SMILES string of the molecule is CCc1c(N)ncnc1OCCCc1ccccc1.